The molecule has 0 spiro atoms. The van der Waals surface area contributed by atoms with Gasteiger partial charge in [0.05, 0.1) is 0 Å². The van der Waals surface area contributed by atoms with E-state index in [4.69, 9.17) is 0 Å². The Hall–Kier alpha value is -2.30. The molecule has 1 aromatic heterocycles. The van der Waals surface area contributed by atoms with Gasteiger partial charge in [0.15, 0.2) is 0 Å². The van der Waals surface area contributed by atoms with Crippen molar-refractivity contribution < 1.29 is 14.7 Å². The predicted octanol–water partition coefficient (Wildman–Crippen LogP) is 3.65. The number of amides is 1. The smallest absolute Gasteiger partial charge is 0.326 e. The van der Waals surface area contributed by atoms with Gasteiger partial charge in [-0.05, 0) is 56.2 Å². The number of aromatic amines is 1. The number of H-pyrrole nitrogens is 1. The number of carbonyl (C=O) groups excluding carboxylic acids is 1. The number of aromatic nitrogens is 1. The topological polar surface area (TPSA) is 73.4 Å². The molecule has 2 N–H and O–H groups in total. The third-order valence-corrected chi connectivity index (χ3v) is 6.19. The molecule has 5 nitrogen and oxygen atoms in total. The molecular formula is C21H26N2O3. The molecule has 2 heterocycles. The van der Waals surface area contributed by atoms with Crippen LogP contribution >= 0.6 is 0 Å². The van der Waals surface area contributed by atoms with E-state index < -0.39 is 12.0 Å². The van der Waals surface area contributed by atoms with E-state index in [1.165, 1.54) is 5.56 Å². The Morgan fingerprint density at radius 3 is 2.88 bits per heavy atom. The summed E-state index contributed by atoms with van der Waals surface area (Å²) in [5.41, 5.74) is 3.40. The fraction of sp³-hybridized carbons (Fsp3) is 0.524. The maximum Gasteiger partial charge on any atom is 0.326 e. The standard InChI is InChI=1S/C21H26N2O3/c1-13-6-8-17-16(10-13)15(12-22-17)7-9-20(24)23-18-5-3-2-4-14(18)11-19(23)21(25)26/h6,8,10,12,14,18-19,22H,2-5,7,9,11H2,1H3,(H,25,26). The minimum Gasteiger partial charge on any atom is -0.480 e. The molecule has 1 amide bonds. The number of carboxylic acids is 1. The van der Waals surface area contributed by atoms with Gasteiger partial charge in [-0.15, -0.1) is 0 Å². The highest BCUT2D eigenvalue weighted by atomic mass is 16.4. The quantitative estimate of drug-likeness (QED) is 0.880. The van der Waals surface area contributed by atoms with Crippen LogP contribution in [0.25, 0.3) is 10.9 Å². The van der Waals surface area contributed by atoms with Gasteiger partial charge in [-0.3, -0.25) is 4.79 Å². The lowest BCUT2D eigenvalue weighted by atomic mass is 9.84. The molecule has 0 radical (unpaired) electrons. The lowest BCUT2D eigenvalue weighted by Crippen LogP contribution is -2.46. The number of carbonyl (C=O) groups is 2. The maximum absolute atomic E-state index is 13.0. The fourth-order valence-corrected chi connectivity index (χ4v) is 4.91. The van der Waals surface area contributed by atoms with Gasteiger partial charge in [-0.2, -0.15) is 0 Å². The van der Waals surface area contributed by atoms with Gasteiger partial charge in [-0.1, -0.05) is 24.5 Å². The molecule has 1 aromatic carbocycles. The number of carboxylic acid groups (broad SMARTS) is 1. The summed E-state index contributed by atoms with van der Waals surface area (Å²) in [7, 11) is 0. The van der Waals surface area contributed by atoms with Gasteiger partial charge in [0.2, 0.25) is 5.91 Å². The Labute approximate surface area is 153 Å². The molecule has 138 valence electrons. The van der Waals surface area contributed by atoms with Crippen molar-refractivity contribution in [2.75, 3.05) is 0 Å². The van der Waals surface area contributed by atoms with Crippen LogP contribution in [-0.4, -0.2) is 39.0 Å². The molecule has 2 aliphatic rings. The molecular weight excluding hydrogens is 328 g/mol. The Bertz CT molecular complexity index is 841. The van der Waals surface area contributed by atoms with Crippen molar-refractivity contribution in [3.05, 3.63) is 35.5 Å². The Morgan fingerprint density at radius 1 is 1.27 bits per heavy atom. The molecule has 3 atom stereocenters. The third-order valence-electron chi connectivity index (χ3n) is 6.19. The molecule has 4 rings (SSSR count). The van der Waals surface area contributed by atoms with Crippen LogP contribution in [0.5, 0.6) is 0 Å². The molecule has 1 saturated carbocycles. The molecule has 26 heavy (non-hydrogen) atoms. The predicted molar refractivity (Wildman–Crippen MR) is 100.0 cm³/mol. The molecule has 1 aliphatic carbocycles. The Kier molecular flexibility index (Phi) is 4.47. The number of fused-ring (bicyclic) bond motifs is 2. The summed E-state index contributed by atoms with van der Waals surface area (Å²) in [6.45, 7) is 2.06. The molecule has 5 heteroatoms. The van der Waals surface area contributed by atoms with Crippen LogP contribution in [0.4, 0.5) is 0 Å². The highest BCUT2D eigenvalue weighted by Gasteiger charge is 2.47. The zero-order valence-corrected chi connectivity index (χ0v) is 15.2. The zero-order chi connectivity index (χ0) is 18.3. The average molecular weight is 354 g/mol. The summed E-state index contributed by atoms with van der Waals surface area (Å²) in [4.78, 5) is 29.6. The zero-order valence-electron chi connectivity index (χ0n) is 15.2. The molecule has 2 aromatic rings. The minimum atomic E-state index is -0.851. The van der Waals surface area contributed by atoms with Gasteiger partial charge in [0.1, 0.15) is 6.04 Å². The average Bonchev–Trinajstić information content (AvgIpc) is 3.20. The molecule has 1 saturated heterocycles. The summed E-state index contributed by atoms with van der Waals surface area (Å²) in [5, 5.41) is 10.8. The Balaban J connectivity index is 1.51. The van der Waals surface area contributed by atoms with Gasteiger partial charge >= 0.3 is 5.97 Å². The normalized spacial score (nSPS) is 25.4. The molecule has 3 unspecified atom stereocenters. The number of nitrogens with zero attached hydrogens (tertiary/aromatic N) is 1. The van der Waals surface area contributed by atoms with E-state index in [-0.39, 0.29) is 11.9 Å². The second-order valence-electron chi connectivity index (χ2n) is 7.87. The third kappa shape index (κ3) is 3.00. The van der Waals surface area contributed by atoms with Crippen LogP contribution in [0.1, 0.15) is 49.7 Å². The van der Waals surface area contributed by atoms with Crippen LogP contribution in [0.3, 0.4) is 0 Å². The number of aliphatic carboxylic acids is 1. The van der Waals surface area contributed by atoms with Crippen LogP contribution in [0.2, 0.25) is 0 Å². The Morgan fingerprint density at radius 2 is 2.08 bits per heavy atom. The highest BCUT2D eigenvalue weighted by Crippen LogP contribution is 2.40. The van der Waals surface area contributed by atoms with E-state index in [2.05, 4.69) is 30.1 Å². The fourth-order valence-electron chi connectivity index (χ4n) is 4.91. The monoisotopic (exact) mass is 354 g/mol. The minimum absolute atomic E-state index is 0.00574. The second kappa shape index (κ2) is 6.78. The summed E-state index contributed by atoms with van der Waals surface area (Å²) in [6, 6.07) is 5.75. The molecule has 1 aliphatic heterocycles. The summed E-state index contributed by atoms with van der Waals surface area (Å²) in [5.74, 6) is -0.492. The van der Waals surface area contributed by atoms with Crippen molar-refractivity contribution >= 4 is 22.8 Å². The van der Waals surface area contributed by atoms with E-state index in [9.17, 15) is 14.7 Å². The van der Waals surface area contributed by atoms with Crippen molar-refractivity contribution in [1.82, 2.24) is 9.88 Å². The summed E-state index contributed by atoms with van der Waals surface area (Å²) < 4.78 is 0. The van der Waals surface area contributed by atoms with E-state index in [0.717, 1.165) is 42.1 Å². The van der Waals surface area contributed by atoms with E-state index in [1.54, 1.807) is 4.90 Å². The number of rotatable bonds is 4. The van der Waals surface area contributed by atoms with Crippen LogP contribution in [0.15, 0.2) is 24.4 Å². The first-order chi connectivity index (χ1) is 12.5. The van der Waals surface area contributed by atoms with Crippen LogP contribution in [0, 0.1) is 12.8 Å². The largest absolute Gasteiger partial charge is 0.480 e. The number of hydrogen-bond donors (Lipinski definition) is 2. The van der Waals surface area contributed by atoms with Crippen molar-refractivity contribution in [3.63, 3.8) is 0 Å². The number of aryl methyl sites for hydroxylation is 2. The first-order valence-electron chi connectivity index (χ1n) is 9.65. The molecule has 0 bridgehead atoms. The number of nitrogens with one attached hydrogen (secondary N) is 1. The van der Waals surface area contributed by atoms with Gasteiger partial charge in [0.25, 0.3) is 0 Å². The summed E-state index contributed by atoms with van der Waals surface area (Å²) >= 11 is 0. The van der Waals surface area contributed by atoms with Gasteiger partial charge in [0, 0.05) is 29.6 Å². The van der Waals surface area contributed by atoms with Crippen molar-refractivity contribution in [2.45, 2.75) is 64.0 Å². The van der Waals surface area contributed by atoms with Crippen molar-refractivity contribution in [2.24, 2.45) is 5.92 Å². The number of benzene rings is 1. The van der Waals surface area contributed by atoms with E-state index in [1.807, 2.05) is 6.20 Å². The number of hydrogen-bond acceptors (Lipinski definition) is 2. The summed E-state index contributed by atoms with van der Waals surface area (Å²) in [6.07, 6.45) is 7.86. The lowest BCUT2D eigenvalue weighted by molar-refractivity contribution is -0.149. The molecule has 2 fully saturated rings. The number of likely N-dealkylation sites (tertiary alicyclic amines) is 1. The highest BCUT2D eigenvalue weighted by molar-refractivity contribution is 5.87. The van der Waals surface area contributed by atoms with E-state index in [0.29, 0.717) is 25.2 Å². The van der Waals surface area contributed by atoms with Gasteiger partial charge < -0.3 is 15.0 Å². The SMILES string of the molecule is Cc1ccc2[nH]cc(CCC(=O)N3C(C(=O)O)CC4CCCCC43)c2c1. The van der Waals surface area contributed by atoms with Crippen LogP contribution in [-0.2, 0) is 16.0 Å². The second-order valence-corrected chi connectivity index (χ2v) is 7.87. The van der Waals surface area contributed by atoms with Gasteiger partial charge in [-0.25, -0.2) is 4.79 Å². The van der Waals surface area contributed by atoms with Crippen LogP contribution < -0.4 is 0 Å². The van der Waals surface area contributed by atoms with E-state index >= 15 is 0 Å². The van der Waals surface area contributed by atoms with Crippen molar-refractivity contribution in [3.8, 4) is 0 Å². The first kappa shape index (κ1) is 17.1. The maximum atomic E-state index is 13.0. The van der Waals surface area contributed by atoms with Crippen molar-refractivity contribution in [1.29, 1.82) is 0 Å². The first-order valence-corrected chi connectivity index (χ1v) is 9.65. The lowest BCUT2D eigenvalue weighted by Gasteiger charge is -2.33.